The molecule has 0 saturated carbocycles. The lowest BCUT2D eigenvalue weighted by atomic mass is 10.2. The van der Waals surface area contributed by atoms with Crippen LogP contribution in [0.2, 0.25) is 0 Å². The van der Waals surface area contributed by atoms with Crippen LogP contribution in [0, 0.1) is 0 Å². The summed E-state index contributed by atoms with van der Waals surface area (Å²) in [5, 5.41) is 2.43. The molecule has 0 spiro atoms. The summed E-state index contributed by atoms with van der Waals surface area (Å²) in [5.41, 5.74) is 8.06. The molecule has 9 heteroatoms. The van der Waals surface area contributed by atoms with Gasteiger partial charge in [0.1, 0.15) is 0 Å². The van der Waals surface area contributed by atoms with Gasteiger partial charge in [-0.1, -0.05) is 12.1 Å². The summed E-state index contributed by atoms with van der Waals surface area (Å²) in [6, 6.07) is 6.04. The third-order valence-corrected chi connectivity index (χ3v) is 3.45. The van der Waals surface area contributed by atoms with Gasteiger partial charge in [0.15, 0.2) is 5.11 Å². The largest absolute Gasteiger partial charge is 0.375 e. The minimum Gasteiger partial charge on any atom is -0.375 e. The molecule has 104 valence electrons. The van der Waals surface area contributed by atoms with Crippen molar-refractivity contribution in [2.45, 2.75) is 18.4 Å². The molecule has 0 aliphatic heterocycles. The van der Waals surface area contributed by atoms with Crippen molar-refractivity contribution in [2.24, 2.45) is 5.73 Å². The zero-order chi connectivity index (χ0) is 14.5. The molecule has 0 aliphatic rings. The van der Waals surface area contributed by atoms with Gasteiger partial charge in [0.2, 0.25) is 5.91 Å². The number of hydrogen-bond donors (Lipinski definition) is 4. The molecule has 19 heavy (non-hydrogen) atoms. The summed E-state index contributed by atoms with van der Waals surface area (Å²) < 4.78 is 23.5. The van der Waals surface area contributed by atoms with E-state index in [0.29, 0.717) is 6.54 Å². The lowest BCUT2D eigenvalue weighted by Crippen LogP contribution is -2.44. The summed E-state index contributed by atoms with van der Waals surface area (Å²) in [5.74, 6) is -0.154. The first-order valence-corrected chi connectivity index (χ1v) is 7.11. The Hall–Kier alpha value is -1.71. The standard InChI is InChI=1S/C10H14N4O3S2/c1-7(15)12-6-8-2-4-9(5-3-8)19(16,17)14-13-10(11)18/h2-5,14H,6H2,1H3,(H,12,15)(H3,11,13,18). The number of benzene rings is 1. The molecule has 1 amide bonds. The van der Waals surface area contributed by atoms with Gasteiger partial charge in [0, 0.05) is 13.5 Å². The van der Waals surface area contributed by atoms with Gasteiger partial charge in [-0.15, -0.1) is 4.83 Å². The Morgan fingerprint density at radius 2 is 1.89 bits per heavy atom. The molecule has 0 radical (unpaired) electrons. The third kappa shape index (κ3) is 5.20. The normalized spacial score (nSPS) is 10.8. The van der Waals surface area contributed by atoms with E-state index in [4.69, 9.17) is 5.73 Å². The number of thiocarbonyl (C=S) groups is 1. The highest BCUT2D eigenvalue weighted by Crippen LogP contribution is 2.09. The Labute approximate surface area is 116 Å². The van der Waals surface area contributed by atoms with E-state index < -0.39 is 10.0 Å². The third-order valence-electron chi connectivity index (χ3n) is 2.08. The second-order valence-electron chi connectivity index (χ2n) is 3.65. The molecule has 1 aromatic rings. The van der Waals surface area contributed by atoms with Crippen molar-refractivity contribution in [2.75, 3.05) is 0 Å². The maximum absolute atomic E-state index is 11.8. The van der Waals surface area contributed by atoms with E-state index in [2.05, 4.69) is 23.0 Å². The molecule has 5 N–H and O–H groups in total. The van der Waals surface area contributed by atoms with Gasteiger partial charge in [-0.3, -0.25) is 10.2 Å². The fraction of sp³-hybridized carbons (Fsp3) is 0.200. The first-order valence-electron chi connectivity index (χ1n) is 5.22. The number of hydrazine groups is 1. The SMILES string of the molecule is CC(=O)NCc1ccc(S(=O)(=O)NNC(N)=S)cc1. The van der Waals surface area contributed by atoms with Crippen LogP contribution in [0.1, 0.15) is 12.5 Å². The highest BCUT2D eigenvalue weighted by molar-refractivity contribution is 7.89. The van der Waals surface area contributed by atoms with Crippen molar-refractivity contribution in [3.63, 3.8) is 0 Å². The van der Waals surface area contributed by atoms with Crippen molar-refractivity contribution in [1.29, 1.82) is 0 Å². The zero-order valence-corrected chi connectivity index (χ0v) is 11.8. The van der Waals surface area contributed by atoms with E-state index in [1.54, 1.807) is 12.1 Å². The Morgan fingerprint density at radius 1 is 1.32 bits per heavy atom. The summed E-state index contributed by atoms with van der Waals surface area (Å²) in [6.45, 7) is 1.75. The number of carbonyl (C=O) groups excluding carboxylic acids is 1. The number of hydrogen-bond acceptors (Lipinski definition) is 4. The Morgan fingerprint density at radius 3 is 2.37 bits per heavy atom. The summed E-state index contributed by atoms with van der Waals surface area (Å²) in [6.07, 6.45) is 0. The summed E-state index contributed by atoms with van der Waals surface area (Å²) in [7, 11) is -3.72. The van der Waals surface area contributed by atoms with E-state index >= 15 is 0 Å². The average molecular weight is 302 g/mol. The smallest absolute Gasteiger partial charge is 0.257 e. The van der Waals surface area contributed by atoms with E-state index in [1.807, 2.05) is 4.83 Å². The maximum atomic E-state index is 11.8. The van der Waals surface area contributed by atoms with Crippen LogP contribution in [0.3, 0.4) is 0 Å². The molecule has 0 heterocycles. The highest BCUT2D eigenvalue weighted by atomic mass is 32.2. The molecular weight excluding hydrogens is 288 g/mol. The zero-order valence-electron chi connectivity index (χ0n) is 10.1. The molecular formula is C10H14N4O3S2. The average Bonchev–Trinajstić information content (AvgIpc) is 2.34. The van der Waals surface area contributed by atoms with Crippen molar-refractivity contribution in [3.8, 4) is 0 Å². The summed E-state index contributed by atoms with van der Waals surface area (Å²) in [4.78, 5) is 12.8. The molecule has 0 bridgehead atoms. The quantitative estimate of drug-likeness (QED) is 0.424. The fourth-order valence-corrected chi connectivity index (χ4v) is 2.16. The minimum atomic E-state index is -3.72. The molecule has 0 aliphatic carbocycles. The van der Waals surface area contributed by atoms with Crippen LogP contribution in [0.25, 0.3) is 0 Å². The van der Waals surface area contributed by atoms with Crippen molar-refractivity contribution in [1.82, 2.24) is 15.6 Å². The molecule has 0 atom stereocenters. The van der Waals surface area contributed by atoms with E-state index in [9.17, 15) is 13.2 Å². The monoisotopic (exact) mass is 302 g/mol. The number of carbonyl (C=O) groups is 1. The first-order chi connectivity index (χ1) is 8.81. The second kappa shape index (κ2) is 6.45. The van der Waals surface area contributed by atoms with Crippen molar-refractivity contribution >= 4 is 33.3 Å². The van der Waals surface area contributed by atoms with Crippen LogP contribution in [-0.2, 0) is 21.4 Å². The number of nitrogens with one attached hydrogen (secondary N) is 3. The van der Waals surface area contributed by atoms with Gasteiger partial charge >= 0.3 is 0 Å². The molecule has 0 aromatic heterocycles. The number of sulfonamides is 1. The van der Waals surface area contributed by atoms with Crippen LogP contribution < -0.4 is 21.3 Å². The van der Waals surface area contributed by atoms with Gasteiger partial charge < -0.3 is 11.1 Å². The van der Waals surface area contributed by atoms with Gasteiger partial charge in [-0.05, 0) is 29.9 Å². The van der Waals surface area contributed by atoms with Crippen LogP contribution in [0.4, 0.5) is 0 Å². The molecule has 0 fully saturated rings. The first kappa shape index (κ1) is 15.3. The molecule has 0 unspecified atom stereocenters. The lowest BCUT2D eigenvalue weighted by Gasteiger charge is -2.08. The van der Waals surface area contributed by atoms with Crippen LogP contribution >= 0.6 is 12.2 Å². The van der Waals surface area contributed by atoms with Gasteiger partial charge in [0.25, 0.3) is 10.0 Å². The number of rotatable bonds is 5. The van der Waals surface area contributed by atoms with E-state index in [0.717, 1.165) is 5.56 Å². The summed E-state index contributed by atoms with van der Waals surface area (Å²) >= 11 is 4.49. The number of amides is 1. The van der Waals surface area contributed by atoms with Gasteiger partial charge in [0.05, 0.1) is 4.90 Å². The predicted molar refractivity (Wildman–Crippen MR) is 74.2 cm³/mol. The van der Waals surface area contributed by atoms with E-state index in [-0.39, 0.29) is 15.9 Å². The van der Waals surface area contributed by atoms with Crippen LogP contribution in [0.15, 0.2) is 29.2 Å². The topological polar surface area (TPSA) is 113 Å². The highest BCUT2D eigenvalue weighted by Gasteiger charge is 2.13. The van der Waals surface area contributed by atoms with Crippen molar-refractivity contribution in [3.05, 3.63) is 29.8 Å². The van der Waals surface area contributed by atoms with Crippen LogP contribution in [0.5, 0.6) is 0 Å². The minimum absolute atomic E-state index is 0.0582. The van der Waals surface area contributed by atoms with Crippen LogP contribution in [-0.4, -0.2) is 19.4 Å². The Bertz CT molecular complexity index is 569. The number of nitrogens with two attached hydrogens (primary N) is 1. The predicted octanol–water partition coefficient (Wildman–Crippen LogP) is -0.651. The van der Waals surface area contributed by atoms with Gasteiger partial charge in [-0.2, -0.15) is 0 Å². The van der Waals surface area contributed by atoms with E-state index in [1.165, 1.54) is 19.1 Å². The molecule has 1 rings (SSSR count). The Kier molecular flexibility index (Phi) is 5.21. The van der Waals surface area contributed by atoms with Gasteiger partial charge in [-0.25, -0.2) is 8.42 Å². The lowest BCUT2D eigenvalue weighted by molar-refractivity contribution is -0.119. The second-order valence-corrected chi connectivity index (χ2v) is 5.77. The fourth-order valence-electron chi connectivity index (χ4n) is 1.19. The maximum Gasteiger partial charge on any atom is 0.257 e. The molecule has 1 aromatic carbocycles. The Balaban J connectivity index is 2.74. The molecule has 7 nitrogen and oxygen atoms in total. The molecule has 0 saturated heterocycles. The van der Waals surface area contributed by atoms with Crippen molar-refractivity contribution < 1.29 is 13.2 Å².